The second-order valence-electron chi connectivity index (χ2n) is 5.15. The van der Waals surface area contributed by atoms with Gasteiger partial charge in [-0.25, -0.2) is 9.13 Å². The van der Waals surface area contributed by atoms with Crippen molar-refractivity contribution in [3.63, 3.8) is 0 Å². The normalized spacial score (nSPS) is 10.3. The number of halogens is 1. The van der Waals surface area contributed by atoms with Crippen LogP contribution in [-0.2, 0) is 13.6 Å². The fourth-order valence-electron chi connectivity index (χ4n) is 2.24. The molecule has 1 aromatic heterocycles. The van der Waals surface area contributed by atoms with Crippen LogP contribution in [0.1, 0.15) is 64.7 Å². The van der Waals surface area contributed by atoms with Crippen molar-refractivity contribution >= 4 is 0 Å². The standard InChI is InChI=1S/C15H29N2.BrH/c1-3-4-5-6-7-8-9-10-11-12-17-14-13-16(2)15-17;/h13-15H,3-12H2,1-2H3;1H/q+1;/p-1. The summed E-state index contributed by atoms with van der Waals surface area (Å²) in [5.41, 5.74) is 0. The summed E-state index contributed by atoms with van der Waals surface area (Å²) in [6.07, 6.45) is 19.1. The van der Waals surface area contributed by atoms with Crippen LogP contribution in [0.2, 0.25) is 0 Å². The van der Waals surface area contributed by atoms with Crippen LogP contribution in [0.5, 0.6) is 0 Å². The van der Waals surface area contributed by atoms with Crippen molar-refractivity contribution < 1.29 is 21.5 Å². The molecule has 18 heavy (non-hydrogen) atoms. The molecular weight excluding hydrogens is 288 g/mol. The molecule has 1 heterocycles. The highest BCUT2D eigenvalue weighted by molar-refractivity contribution is 4.61. The Labute approximate surface area is 123 Å². The smallest absolute Gasteiger partial charge is 0.243 e. The molecule has 0 fully saturated rings. The molecule has 0 saturated carbocycles. The second kappa shape index (κ2) is 11.8. The topological polar surface area (TPSA) is 8.81 Å². The molecule has 0 saturated heterocycles. The molecule has 0 aliphatic heterocycles. The highest BCUT2D eigenvalue weighted by Crippen LogP contribution is 2.09. The van der Waals surface area contributed by atoms with Gasteiger partial charge in [-0.2, -0.15) is 0 Å². The van der Waals surface area contributed by atoms with Crippen LogP contribution in [0.3, 0.4) is 0 Å². The maximum absolute atomic E-state index is 2.28. The predicted molar refractivity (Wildman–Crippen MR) is 72.8 cm³/mol. The maximum Gasteiger partial charge on any atom is 0.243 e. The quantitative estimate of drug-likeness (QED) is 0.447. The first kappa shape index (κ1) is 17.7. The van der Waals surface area contributed by atoms with Gasteiger partial charge >= 0.3 is 0 Å². The van der Waals surface area contributed by atoms with E-state index >= 15 is 0 Å². The number of unbranched alkanes of at least 4 members (excludes halogenated alkanes) is 8. The Morgan fingerprint density at radius 2 is 1.44 bits per heavy atom. The van der Waals surface area contributed by atoms with Gasteiger partial charge in [0, 0.05) is 0 Å². The molecule has 0 aromatic carbocycles. The molecule has 0 atom stereocenters. The third-order valence-corrected chi connectivity index (χ3v) is 3.34. The molecule has 1 rings (SSSR count). The maximum atomic E-state index is 2.28. The summed E-state index contributed by atoms with van der Waals surface area (Å²) in [6.45, 7) is 3.46. The number of aryl methyl sites for hydroxylation is 2. The van der Waals surface area contributed by atoms with E-state index in [0.29, 0.717) is 0 Å². The van der Waals surface area contributed by atoms with Gasteiger partial charge in [-0.15, -0.1) is 0 Å². The van der Waals surface area contributed by atoms with Crippen molar-refractivity contribution in [2.24, 2.45) is 7.05 Å². The zero-order chi connectivity index (χ0) is 12.3. The lowest BCUT2D eigenvalue weighted by atomic mass is 10.1. The fraction of sp³-hybridized carbons (Fsp3) is 0.800. The lowest BCUT2D eigenvalue weighted by molar-refractivity contribution is -0.696. The summed E-state index contributed by atoms with van der Waals surface area (Å²) >= 11 is 0. The molecular formula is C15H29BrN2. The van der Waals surface area contributed by atoms with Crippen molar-refractivity contribution in [3.05, 3.63) is 18.7 Å². The summed E-state index contributed by atoms with van der Waals surface area (Å²) in [4.78, 5) is 0. The van der Waals surface area contributed by atoms with Crippen LogP contribution in [-0.4, -0.2) is 4.57 Å². The first-order chi connectivity index (χ1) is 8.33. The molecule has 3 heteroatoms. The summed E-state index contributed by atoms with van der Waals surface area (Å²) in [7, 11) is 2.08. The summed E-state index contributed by atoms with van der Waals surface area (Å²) in [5, 5.41) is 0. The van der Waals surface area contributed by atoms with E-state index in [1.807, 2.05) is 0 Å². The zero-order valence-corrected chi connectivity index (χ0v) is 13.7. The molecule has 0 radical (unpaired) electrons. The van der Waals surface area contributed by atoms with Crippen LogP contribution in [0, 0.1) is 0 Å². The Bertz CT molecular complexity index is 284. The number of hydrogen-bond acceptors (Lipinski definition) is 0. The Morgan fingerprint density at radius 1 is 0.889 bits per heavy atom. The van der Waals surface area contributed by atoms with Crippen LogP contribution in [0.15, 0.2) is 18.7 Å². The molecule has 0 N–H and O–H groups in total. The first-order valence-electron chi connectivity index (χ1n) is 7.34. The molecule has 0 amide bonds. The van der Waals surface area contributed by atoms with Crippen LogP contribution < -0.4 is 21.5 Å². The second-order valence-corrected chi connectivity index (χ2v) is 5.15. The molecule has 0 aliphatic rings. The van der Waals surface area contributed by atoms with Crippen molar-refractivity contribution in [1.82, 2.24) is 4.57 Å². The number of rotatable bonds is 10. The van der Waals surface area contributed by atoms with E-state index in [0.717, 1.165) is 0 Å². The number of imidazole rings is 1. The van der Waals surface area contributed by atoms with Gasteiger partial charge in [-0.1, -0.05) is 51.9 Å². The first-order valence-corrected chi connectivity index (χ1v) is 7.34. The van der Waals surface area contributed by atoms with E-state index in [1.165, 1.54) is 64.3 Å². The van der Waals surface area contributed by atoms with Gasteiger partial charge in [0.15, 0.2) is 0 Å². The minimum absolute atomic E-state index is 0. The average Bonchev–Trinajstić information content (AvgIpc) is 2.73. The molecule has 0 aliphatic carbocycles. The lowest BCUT2D eigenvalue weighted by Gasteiger charge is -2.00. The molecule has 1 aromatic rings. The van der Waals surface area contributed by atoms with Gasteiger partial charge in [-0.3, -0.25) is 0 Å². The molecule has 106 valence electrons. The third kappa shape index (κ3) is 8.73. The third-order valence-electron chi connectivity index (χ3n) is 3.34. The largest absolute Gasteiger partial charge is 1.00 e. The Balaban J connectivity index is 0.00000289. The van der Waals surface area contributed by atoms with E-state index in [-0.39, 0.29) is 17.0 Å². The van der Waals surface area contributed by atoms with Crippen molar-refractivity contribution in [3.8, 4) is 0 Å². The summed E-state index contributed by atoms with van der Waals surface area (Å²) in [6, 6.07) is 0. The highest BCUT2D eigenvalue weighted by atomic mass is 79.9. The minimum Gasteiger partial charge on any atom is -1.00 e. The molecule has 0 spiro atoms. The van der Waals surface area contributed by atoms with Crippen LogP contribution in [0.25, 0.3) is 0 Å². The van der Waals surface area contributed by atoms with Crippen molar-refractivity contribution in [2.75, 3.05) is 0 Å². The SMILES string of the molecule is CCCCCCCCCCC[n+]1ccn(C)c1.[Br-]. The average molecular weight is 317 g/mol. The van der Waals surface area contributed by atoms with Gasteiger partial charge in [0.1, 0.15) is 12.4 Å². The summed E-state index contributed by atoms with van der Waals surface area (Å²) < 4.78 is 4.38. The number of hydrogen-bond donors (Lipinski definition) is 0. The van der Waals surface area contributed by atoms with Gasteiger partial charge in [0.25, 0.3) is 0 Å². The van der Waals surface area contributed by atoms with Crippen LogP contribution >= 0.6 is 0 Å². The molecule has 0 unspecified atom stereocenters. The van der Waals surface area contributed by atoms with Gasteiger partial charge in [0.05, 0.1) is 13.6 Å². The van der Waals surface area contributed by atoms with Crippen molar-refractivity contribution in [1.29, 1.82) is 0 Å². The van der Waals surface area contributed by atoms with E-state index in [9.17, 15) is 0 Å². The Morgan fingerprint density at radius 3 is 1.94 bits per heavy atom. The minimum atomic E-state index is 0. The van der Waals surface area contributed by atoms with Gasteiger partial charge in [0.2, 0.25) is 6.33 Å². The highest BCUT2D eigenvalue weighted by Gasteiger charge is 1.99. The predicted octanol–water partition coefficient (Wildman–Crippen LogP) is 0.847. The Hall–Kier alpha value is -0.310. The van der Waals surface area contributed by atoms with Gasteiger partial charge < -0.3 is 17.0 Å². The fourth-order valence-corrected chi connectivity index (χ4v) is 2.24. The van der Waals surface area contributed by atoms with Crippen LogP contribution in [0.4, 0.5) is 0 Å². The van der Waals surface area contributed by atoms with E-state index in [4.69, 9.17) is 0 Å². The summed E-state index contributed by atoms with van der Waals surface area (Å²) in [5.74, 6) is 0. The van der Waals surface area contributed by atoms with Gasteiger partial charge in [-0.05, 0) is 12.8 Å². The monoisotopic (exact) mass is 316 g/mol. The molecule has 0 bridgehead atoms. The number of aromatic nitrogens is 2. The van der Waals surface area contributed by atoms with E-state index in [2.05, 4.69) is 41.8 Å². The Kier molecular flexibility index (Phi) is 11.6. The van der Waals surface area contributed by atoms with E-state index < -0.39 is 0 Å². The van der Waals surface area contributed by atoms with E-state index in [1.54, 1.807) is 0 Å². The van der Waals surface area contributed by atoms with Crippen molar-refractivity contribution in [2.45, 2.75) is 71.3 Å². The lowest BCUT2D eigenvalue weighted by Crippen LogP contribution is -3.00. The number of nitrogens with zero attached hydrogens (tertiary/aromatic N) is 2. The molecule has 2 nitrogen and oxygen atoms in total. The zero-order valence-electron chi connectivity index (χ0n) is 12.1.